The minimum absolute atomic E-state index is 0.0181. The molecule has 0 fully saturated rings. The summed E-state index contributed by atoms with van der Waals surface area (Å²) in [5, 5.41) is -0.0181. The predicted molar refractivity (Wildman–Crippen MR) is 134 cm³/mol. The molecule has 0 saturated carbocycles. The van der Waals surface area contributed by atoms with E-state index in [1.807, 2.05) is 29.2 Å². The third-order valence-corrected chi connectivity index (χ3v) is 9.67. The van der Waals surface area contributed by atoms with E-state index in [4.69, 9.17) is 16.6 Å². The van der Waals surface area contributed by atoms with E-state index in [9.17, 15) is 4.79 Å². The van der Waals surface area contributed by atoms with Crippen LogP contribution in [0.5, 0.6) is 0 Å². The Bertz CT molecular complexity index is 1360. The summed E-state index contributed by atoms with van der Waals surface area (Å²) >= 11 is 6.91. The Morgan fingerprint density at radius 2 is 2.00 bits per heavy atom. The van der Waals surface area contributed by atoms with Gasteiger partial charge in [-0.05, 0) is 51.5 Å². The van der Waals surface area contributed by atoms with Crippen molar-refractivity contribution in [3.05, 3.63) is 62.1 Å². The summed E-state index contributed by atoms with van der Waals surface area (Å²) in [5.41, 5.74) is 6.43. The number of benzene rings is 2. The Balaban J connectivity index is 1.55. The van der Waals surface area contributed by atoms with Crippen molar-refractivity contribution >= 4 is 66.7 Å². The highest BCUT2D eigenvalue weighted by molar-refractivity contribution is 8.13. The van der Waals surface area contributed by atoms with Crippen LogP contribution in [0.4, 0.5) is 10.5 Å². The maximum atomic E-state index is 13.6. The van der Waals surface area contributed by atoms with Crippen molar-refractivity contribution in [2.45, 2.75) is 39.0 Å². The van der Waals surface area contributed by atoms with E-state index >= 15 is 0 Å². The zero-order valence-electron chi connectivity index (χ0n) is 17.5. The fourth-order valence-electron chi connectivity index (χ4n) is 4.21. The number of thioether (sulfide) groups is 1. The fraction of sp³-hybridized carbons (Fsp3) is 0.261. The molecular weight excluding hydrogens is 465 g/mol. The molecule has 0 N–H and O–H groups in total. The Morgan fingerprint density at radius 1 is 1.23 bits per heavy atom. The number of anilines is 1. The summed E-state index contributed by atoms with van der Waals surface area (Å²) in [5.74, 6) is 0.939. The van der Waals surface area contributed by atoms with Crippen LogP contribution in [0.25, 0.3) is 22.2 Å². The van der Waals surface area contributed by atoms with Crippen molar-refractivity contribution in [3.63, 3.8) is 0 Å². The molecule has 0 bridgehead atoms. The normalized spacial score (nSPS) is 14.5. The first kappa shape index (κ1) is 20.9. The van der Waals surface area contributed by atoms with Gasteiger partial charge in [0.1, 0.15) is 9.34 Å². The smallest absolute Gasteiger partial charge is 0.287 e. The molecule has 3 heterocycles. The second kappa shape index (κ2) is 7.55. The van der Waals surface area contributed by atoms with Crippen LogP contribution in [0.1, 0.15) is 35.7 Å². The highest BCUT2D eigenvalue weighted by Crippen LogP contribution is 2.54. The maximum Gasteiger partial charge on any atom is 0.287 e. The largest absolute Gasteiger partial charge is 0.440 e. The molecule has 1 amide bonds. The van der Waals surface area contributed by atoms with Crippen molar-refractivity contribution in [2.75, 3.05) is 4.90 Å². The molecular formula is C23H20N2O2S4. The lowest BCUT2D eigenvalue weighted by Gasteiger charge is -2.43. The standard InChI is InChI=1S/C23H20N2O2S4/c1-12-9-13(2)19-14(10-12)18-20(30-31-21(18)28)23(3,4)25(19)22(26)29-11-17-24-15-7-5-6-8-16(15)27-17/h5-10H,11H2,1-4H3. The summed E-state index contributed by atoms with van der Waals surface area (Å²) in [6.45, 7) is 8.35. The van der Waals surface area contributed by atoms with Crippen LogP contribution in [0.3, 0.4) is 0 Å². The lowest BCUT2D eigenvalue weighted by atomic mass is 9.86. The number of nitrogens with zero attached hydrogens (tertiary/aromatic N) is 2. The molecule has 0 aliphatic carbocycles. The number of hydrogen-bond donors (Lipinski definition) is 0. The van der Waals surface area contributed by atoms with Crippen LogP contribution in [-0.2, 0) is 11.3 Å². The summed E-state index contributed by atoms with van der Waals surface area (Å²) < 4.78 is 6.71. The second-order valence-electron chi connectivity index (χ2n) is 8.16. The van der Waals surface area contributed by atoms with E-state index in [1.54, 1.807) is 20.7 Å². The number of aromatic nitrogens is 1. The zero-order chi connectivity index (χ0) is 21.9. The third-order valence-electron chi connectivity index (χ3n) is 5.52. The molecule has 0 atom stereocenters. The highest BCUT2D eigenvalue weighted by atomic mass is 32.9. The summed E-state index contributed by atoms with van der Waals surface area (Å²) in [6.07, 6.45) is 0. The SMILES string of the molecule is Cc1cc(C)c2c(c1)-c1c(ssc1=S)C(C)(C)N2C(=O)SCc1nc2ccccc2o1. The zero-order valence-corrected chi connectivity index (χ0v) is 20.8. The van der Waals surface area contributed by atoms with E-state index in [0.717, 1.165) is 42.2 Å². The monoisotopic (exact) mass is 484 g/mol. The Morgan fingerprint density at radius 3 is 2.77 bits per heavy atom. The lowest BCUT2D eigenvalue weighted by molar-refractivity contribution is 0.259. The number of aryl methyl sites for hydroxylation is 2. The van der Waals surface area contributed by atoms with Crippen molar-refractivity contribution in [2.24, 2.45) is 0 Å². The van der Waals surface area contributed by atoms with Crippen LogP contribution >= 0.6 is 44.7 Å². The molecule has 2 aromatic heterocycles. The fourth-order valence-corrected chi connectivity index (χ4v) is 8.31. The topological polar surface area (TPSA) is 46.3 Å². The minimum atomic E-state index is -0.494. The first-order valence-electron chi connectivity index (χ1n) is 9.84. The van der Waals surface area contributed by atoms with Crippen LogP contribution in [0.15, 0.2) is 40.8 Å². The van der Waals surface area contributed by atoms with Crippen LogP contribution in [0, 0.1) is 17.7 Å². The average molecular weight is 485 g/mol. The first-order chi connectivity index (χ1) is 14.8. The minimum Gasteiger partial charge on any atom is -0.440 e. The molecule has 8 heteroatoms. The molecule has 2 aromatic carbocycles. The molecule has 31 heavy (non-hydrogen) atoms. The van der Waals surface area contributed by atoms with Gasteiger partial charge in [0.25, 0.3) is 5.24 Å². The van der Waals surface area contributed by atoms with Crippen molar-refractivity contribution in [1.29, 1.82) is 0 Å². The molecule has 4 aromatic rings. The van der Waals surface area contributed by atoms with E-state index in [0.29, 0.717) is 11.6 Å². The van der Waals surface area contributed by atoms with Crippen LogP contribution in [-0.4, -0.2) is 10.2 Å². The molecule has 0 spiro atoms. The quantitative estimate of drug-likeness (QED) is 0.213. The van der Waals surface area contributed by atoms with Crippen molar-refractivity contribution in [3.8, 4) is 11.1 Å². The van der Waals surface area contributed by atoms with Gasteiger partial charge in [0.15, 0.2) is 5.58 Å². The number of fused-ring (bicyclic) bond motifs is 4. The maximum absolute atomic E-state index is 13.6. The van der Waals surface area contributed by atoms with Gasteiger partial charge < -0.3 is 4.42 Å². The van der Waals surface area contributed by atoms with Crippen molar-refractivity contribution < 1.29 is 9.21 Å². The molecule has 0 saturated heterocycles. The van der Waals surface area contributed by atoms with Gasteiger partial charge >= 0.3 is 0 Å². The van der Waals surface area contributed by atoms with E-state index < -0.39 is 5.54 Å². The Hall–Kier alpha value is -2.00. The lowest BCUT2D eigenvalue weighted by Crippen LogP contribution is -2.46. The van der Waals surface area contributed by atoms with Gasteiger partial charge in [-0.15, -0.1) is 0 Å². The number of oxazole rings is 1. The molecule has 158 valence electrons. The molecule has 1 aliphatic rings. The predicted octanol–water partition coefficient (Wildman–Crippen LogP) is 8.07. The number of carbonyl (C=O) groups excluding carboxylic acids is 1. The highest BCUT2D eigenvalue weighted by Gasteiger charge is 2.43. The number of para-hydroxylation sites is 2. The molecule has 0 unspecified atom stereocenters. The summed E-state index contributed by atoms with van der Waals surface area (Å²) in [7, 11) is 3.29. The van der Waals surface area contributed by atoms with E-state index in [2.05, 4.69) is 44.8 Å². The molecule has 4 nitrogen and oxygen atoms in total. The number of carbonyl (C=O) groups is 1. The van der Waals surface area contributed by atoms with Gasteiger partial charge in [0, 0.05) is 11.1 Å². The van der Waals surface area contributed by atoms with Gasteiger partial charge in [-0.3, -0.25) is 9.69 Å². The molecule has 0 radical (unpaired) electrons. The van der Waals surface area contributed by atoms with E-state index in [1.165, 1.54) is 17.3 Å². The number of amides is 1. The van der Waals surface area contributed by atoms with Crippen LogP contribution < -0.4 is 4.90 Å². The van der Waals surface area contributed by atoms with Gasteiger partial charge in [-0.1, -0.05) is 68.4 Å². The second-order valence-corrected chi connectivity index (χ2v) is 11.9. The first-order valence-corrected chi connectivity index (χ1v) is 13.4. The van der Waals surface area contributed by atoms with Gasteiger partial charge in [-0.2, -0.15) is 0 Å². The average Bonchev–Trinajstić information content (AvgIpc) is 3.31. The number of rotatable bonds is 2. The number of hydrogen-bond acceptors (Lipinski definition) is 7. The van der Waals surface area contributed by atoms with Crippen molar-refractivity contribution in [1.82, 2.24) is 4.98 Å². The van der Waals surface area contributed by atoms with Gasteiger partial charge in [-0.25, -0.2) is 4.98 Å². The summed E-state index contributed by atoms with van der Waals surface area (Å²) in [6, 6.07) is 11.9. The molecule has 1 aliphatic heterocycles. The van der Waals surface area contributed by atoms with E-state index in [-0.39, 0.29) is 5.24 Å². The van der Waals surface area contributed by atoms with Crippen LogP contribution in [0.2, 0.25) is 0 Å². The Kier molecular flexibility index (Phi) is 5.08. The summed E-state index contributed by atoms with van der Waals surface area (Å²) in [4.78, 5) is 21.2. The molecule has 5 rings (SSSR count). The van der Waals surface area contributed by atoms with Gasteiger partial charge in [0.2, 0.25) is 5.89 Å². The Labute approximate surface area is 197 Å². The van der Waals surface area contributed by atoms with Gasteiger partial charge in [0.05, 0.1) is 21.9 Å². The third kappa shape index (κ3) is 3.36.